The summed E-state index contributed by atoms with van der Waals surface area (Å²) in [7, 11) is -3.94. The predicted octanol–water partition coefficient (Wildman–Crippen LogP) is -0.812. The van der Waals surface area contributed by atoms with Crippen molar-refractivity contribution in [2.45, 2.75) is 12.2 Å². The first-order valence-electron chi connectivity index (χ1n) is 3.46. The van der Waals surface area contributed by atoms with Crippen molar-refractivity contribution in [2.75, 3.05) is 19.7 Å². The normalized spacial score (nSPS) is 26.6. The number of β-amino-alcohol motifs (C(OH)–C–C–N with tert-alkyl or cyclic N) is 1. The van der Waals surface area contributed by atoms with Gasteiger partial charge in [0.1, 0.15) is 5.78 Å². The van der Waals surface area contributed by atoms with E-state index in [4.69, 9.17) is 14.9 Å². The van der Waals surface area contributed by atoms with Crippen LogP contribution in [0.4, 0.5) is 0 Å². The fourth-order valence-corrected chi connectivity index (χ4v) is 2.31. The smallest absolute Gasteiger partial charge is 0.342 e. The zero-order valence-corrected chi connectivity index (χ0v) is 6.94. The standard InChI is InChI=1S/C5H12NO4P/c7-4-3-6-2-1-5(6)11(8,9)10/h5,7H,1-4H2,(H2,8,9,10). The fourth-order valence-electron chi connectivity index (χ4n) is 1.20. The third-order valence-corrected chi connectivity index (χ3v) is 3.23. The Labute approximate surface area is 64.8 Å². The van der Waals surface area contributed by atoms with Crippen LogP contribution in [0.1, 0.15) is 6.42 Å². The number of hydrogen-bond donors (Lipinski definition) is 3. The van der Waals surface area contributed by atoms with Gasteiger partial charge in [-0.05, 0) is 6.42 Å². The zero-order valence-electron chi connectivity index (χ0n) is 6.05. The van der Waals surface area contributed by atoms with Gasteiger partial charge in [0.05, 0.1) is 6.61 Å². The first kappa shape index (κ1) is 9.16. The molecule has 0 saturated carbocycles. The summed E-state index contributed by atoms with van der Waals surface area (Å²) in [5.74, 6) is -0.644. The highest BCUT2D eigenvalue weighted by molar-refractivity contribution is 7.52. The van der Waals surface area contributed by atoms with E-state index in [0.29, 0.717) is 19.5 Å². The summed E-state index contributed by atoms with van der Waals surface area (Å²) < 4.78 is 10.7. The van der Waals surface area contributed by atoms with Crippen LogP contribution in [0.5, 0.6) is 0 Å². The first-order valence-corrected chi connectivity index (χ1v) is 5.14. The Hall–Kier alpha value is 0.0700. The van der Waals surface area contributed by atoms with Crippen molar-refractivity contribution in [3.05, 3.63) is 0 Å². The van der Waals surface area contributed by atoms with Gasteiger partial charge in [-0.2, -0.15) is 0 Å². The number of aliphatic hydroxyl groups excluding tert-OH is 1. The lowest BCUT2D eigenvalue weighted by Crippen LogP contribution is -2.48. The Morgan fingerprint density at radius 3 is 2.45 bits per heavy atom. The number of rotatable bonds is 3. The summed E-state index contributed by atoms with van der Waals surface area (Å²) >= 11 is 0. The maximum Gasteiger partial charge on any atom is 0.342 e. The highest BCUT2D eigenvalue weighted by Gasteiger charge is 2.40. The number of aliphatic hydroxyl groups is 1. The van der Waals surface area contributed by atoms with E-state index in [1.165, 1.54) is 0 Å². The van der Waals surface area contributed by atoms with Crippen LogP contribution >= 0.6 is 7.60 Å². The van der Waals surface area contributed by atoms with Crippen LogP contribution in [-0.4, -0.2) is 45.3 Å². The molecule has 0 aromatic rings. The van der Waals surface area contributed by atoms with Crippen molar-refractivity contribution in [2.24, 2.45) is 0 Å². The number of hydrogen-bond acceptors (Lipinski definition) is 3. The molecule has 0 radical (unpaired) electrons. The maximum absolute atomic E-state index is 10.7. The van der Waals surface area contributed by atoms with Crippen LogP contribution in [0.25, 0.3) is 0 Å². The minimum Gasteiger partial charge on any atom is -0.395 e. The summed E-state index contributed by atoms with van der Waals surface area (Å²) in [6.07, 6.45) is 0.532. The van der Waals surface area contributed by atoms with E-state index in [1.807, 2.05) is 0 Å². The molecule has 0 bridgehead atoms. The third-order valence-electron chi connectivity index (χ3n) is 1.87. The van der Waals surface area contributed by atoms with E-state index in [2.05, 4.69) is 0 Å². The Balaban J connectivity index is 2.43. The summed E-state index contributed by atoms with van der Waals surface area (Å²) in [5, 5.41) is 8.49. The monoisotopic (exact) mass is 181 g/mol. The highest BCUT2D eigenvalue weighted by atomic mass is 31.2. The van der Waals surface area contributed by atoms with Gasteiger partial charge in [-0.15, -0.1) is 0 Å². The maximum atomic E-state index is 10.7. The molecule has 66 valence electrons. The number of nitrogens with zero attached hydrogens (tertiary/aromatic N) is 1. The molecule has 1 fully saturated rings. The molecule has 0 aromatic carbocycles. The Morgan fingerprint density at radius 1 is 1.55 bits per heavy atom. The van der Waals surface area contributed by atoms with E-state index in [0.717, 1.165) is 0 Å². The second-order valence-corrected chi connectivity index (χ2v) is 4.39. The predicted molar refractivity (Wildman–Crippen MR) is 39.1 cm³/mol. The van der Waals surface area contributed by atoms with Crippen LogP contribution in [0, 0.1) is 0 Å². The van der Waals surface area contributed by atoms with Crippen molar-refractivity contribution in [3.63, 3.8) is 0 Å². The van der Waals surface area contributed by atoms with E-state index in [9.17, 15) is 4.57 Å². The van der Waals surface area contributed by atoms with Crippen LogP contribution in [0.15, 0.2) is 0 Å². The molecule has 0 aromatic heterocycles. The summed E-state index contributed by atoms with van der Waals surface area (Å²) in [6, 6.07) is 0. The third kappa shape index (κ3) is 2.01. The SMILES string of the molecule is O=P(O)(O)C1CCN1CCO. The molecule has 1 saturated heterocycles. The second-order valence-electron chi connectivity index (χ2n) is 2.62. The molecular weight excluding hydrogens is 169 g/mol. The fraction of sp³-hybridized carbons (Fsp3) is 1.00. The van der Waals surface area contributed by atoms with E-state index < -0.39 is 13.4 Å². The van der Waals surface area contributed by atoms with Gasteiger partial charge < -0.3 is 14.9 Å². The van der Waals surface area contributed by atoms with Gasteiger partial charge in [-0.25, -0.2) is 0 Å². The van der Waals surface area contributed by atoms with Crippen LogP contribution < -0.4 is 0 Å². The Kier molecular flexibility index (Phi) is 2.67. The molecule has 1 aliphatic heterocycles. The molecule has 6 heteroatoms. The molecule has 5 nitrogen and oxygen atoms in total. The van der Waals surface area contributed by atoms with Crippen LogP contribution in [0.3, 0.4) is 0 Å². The average Bonchev–Trinajstić information content (AvgIpc) is 1.75. The first-order chi connectivity index (χ1) is 5.05. The minimum atomic E-state index is -3.94. The summed E-state index contributed by atoms with van der Waals surface area (Å²) in [4.78, 5) is 19.0. The average molecular weight is 181 g/mol. The minimum absolute atomic E-state index is 0.0451. The molecule has 0 spiro atoms. The number of likely N-dealkylation sites (tertiary alicyclic amines) is 1. The quantitative estimate of drug-likeness (QED) is 0.496. The molecule has 3 N–H and O–H groups in total. The Morgan fingerprint density at radius 2 is 2.18 bits per heavy atom. The zero-order chi connectivity index (χ0) is 8.48. The molecule has 1 atom stereocenters. The van der Waals surface area contributed by atoms with E-state index in [1.54, 1.807) is 4.90 Å². The summed E-state index contributed by atoms with van der Waals surface area (Å²) in [6.45, 7) is 0.989. The Bertz CT molecular complexity index is 179. The van der Waals surface area contributed by atoms with Crippen LogP contribution in [-0.2, 0) is 4.57 Å². The lowest BCUT2D eigenvalue weighted by atomic mass is 10.2. The van der Waals surface area contributed by atoms with E-state index in [-0.39, 0.29) is 6.61 Å². The largest absolute Gasteiger partial charge is 0.395 e. The van der Waals surface area contributed by atoms with Crippen molar-refractivity contribution >= 4 is 7.60 Å². The van der Waals surface area contributed by atoms with Crippen molar-refractivity contribution in [1.29, 1.82) is 0 Å². The highest BCUT2D eigenvalue weighted by Crippen LogP contribution is 2.48. The second kappa shape index (κ2) is 3.21. The topological polar surface area (TPSA) is 81.0 Å². The van der Waals surface area contributed by atoms with Gasteiger partial charge in [-0.1, -0.05) is 0 Å². The molecular formula is C5H12NO4P. The van der Waals surface area contributed by atoms with Gasteiger partial charge in [0.2, 0.25) is 0 Å². The molecule has 11 heavy (non-hydrogen) atoms. The lowest BCUT2D eigenvalue weighted by molar-refractivity contribution is 0.0966. The van der Waals surface area contributed by atoms with Gasteiger partial charge in [0.25, 0.3) is 0 Å². The van der Waals surface area contributed by atoms with Crippen molar-refractivity contribution < 1.29 is 19.5 Å². The molecule has 1 aliphatic rings. The van der Waals surface area contributed by atoms with Gasteiger partial charge >= 0.3 is 7.60 Å². The molecule has 1 heterocycles. The summed E-state index contributed by atoms with van der Waals surface area (Å²) in [5.41, 5.74) is 0. The van der Waals surface area contributed by atoms with Gasteiger partial charge in [-0.3, -0.25) is 9.46 Å². The van der Waals surface area contributed by atoms with Gasteiger partial charge in [0, 0.05) is 13.1 Å². The van der Waals surface area contributed by atoms with Crippen molar-refractivity contribution in [3.8, 4) is 0 Å². The van der Waals surface area contributed by atoms with Gasteiger partial charge in [0.15, 0.2) is 0 Å². The van der Waals surface area contributed by atoms with E-state index >= 15 is 0 Å². The molecule has 0 aliphatic carbocycles. The lowest BCUT2D eigenvalue weighted by Gasteiger charge is -2.40. The van der Waals surface area contributed by atoms with Crippen LogP contribution in [0.2, 0.25) is 0 Å². The van der Waals surface area contributed by atoms with Crippen molar-refractivity contribution in [1.82, 2.24) is 4.90 Å². The molecule has 0 amide bonds. The molecule has 1 unspecified atom stereocenters. The molecule has 1 rings (SSSR count).